The summed E-state index contributed by atoms with van der Waals surface area (Å²) in [5.41, 5.74) is 3.70. The van der Waals surface area contributed by atoms with E-state index in [9.17, 15) is 4.79 Å². The van der Waals surface area contributed by atoms with Gasteiger partial charge in [0.2, 0.25) is 11.1 Å². The van der Waals surface area contributed by atoms with E-state index >= 15 is 0 Å². The molecule has 1 atom stereocenters. The molecule has 0 bridgehead atoms. The minimum Gasteiger partial charge on any atom is -0.493 e. The van der Waals surface area contributed by atoms with Crippen molar-refractivity contribution in [2.45, 2.75) is 56.0 Å². The van der Waals surface area contributed by atoms with Gasteiger partial charge in [0.1, 0.15) is 11.8 Å². The summed E-state index contributed by atoms with van der Waals surface area (Å²) in [5.74, 6) is 2.27. The van der Waals surface area contributed by atoms with Crippen molar-refractivity contribution in [3.63, 3.8) is 0 Å². The predicted molar refractivity (Wildman–Crippen MR) is 136 cm³/mol. The smallest absolute Gasteiger partial charge is 0.227 e. The summed E-state index contributed by atoms with van der Waals surface area (Å²) in [5, 5.41) is 9.61. The third-order valence-electron chi connectivity index (χ3n) is 6.13. The molecule has 0 saturated carbocycles. The van der Waals surface area contributed by atoms with Crippen LogP contribution in [-0.4, -0.2) is 27.2 Å². The predicted octanol–water partition coefficient (Wildman–Crippen LogP) is 6.42. The number of benzene rings is 2. The molecule has 3 aromatic rings. The average molecular weight is 495 g/mol. The number of unbranched alkanes of at least 4 members (excludes halogenated alkanes) is 1. The van der Waals surface area contributed by atoms with Gasteiger partial charge in [0.15, 0.2) is 5.78 Å². The number of hydrogen-bond acceptors (Lipinski definition) is 6. The van der Waals surface area contributed by atoms with Crippen LogP contribution in [0.3, 0.4) is 0 Å². The molecule has 5 rings (SSSR count). The first-order valence-corrected chi connectivity index (χ1v) is 13.1. The summed E-state index contributed by atoms with van der Waals surface area (Å²) in [4.78, 5) is 17.9. The summed E-state index contributed by atoms with van der Waals surface area (Å²) in [6, 6.07) is 15.4. The Bertz CT molecular complexity index is 1240. The first-order valence-electron chi connectivity index (χ1n) is 11.7. The maximum Gasteiger partial charge on any atom is 0.227 e. The van der Waals surface area contributed by atoms with Crippen LogP contribution < -0.4 is 10.1 Å². The van der Waals surface area contributed by atoms with Crippen molar-refractivity contribution in [2.75, 3.05) is 11.9 Å². The van der Waals surface area contributed by atoms with Gasteiger partial charge in [-0.1, -0.05) is 73.1 Å². The highest BCUT2D eigenvalue weighted by Crippen LogP contribution is 2.43. The van der Waals surface area contributed by atoms with E-state index in [1.54, 1.807) is 0 Å². The van der Waals surface area contributed by atoms with Crippen molar-refractivity contribution in [2.24, 2.45) is 0 Å². The van der Waals surface area contributed by atoms with Crippen LogP contribution in [0.5, 0.6) is 5.75 Å². The van der Waals surface area contributed by atoms with Gasteiger partial charge in [-0.05, 0) is 37.0 Å². The van der Waals surface area contributed by atoms with Crippen LogP contribution in [0, 0.1) is 0 Å². The molecule has 1 aliphatic carbocycles. The largest absolute Gasteiger partial charge is 0.493 e. The van der Waals surface area contributed by atoms with Crippen molar-refractivity contribution in [1.82, 2.24) is 14.8 Å². The summed E-state index contributed by atoms with van der Waals surface area (Å²) >= 11 is 7.86. The average Bonchev–Trinajstić information content (AvgIpc) is 3.25. The van der Waals surface area contributed by atoms with Crippen LogP contribution >= 0.6 is 23.4 Å². The number of thioether (sulfide) groups is 1. The fourth-order valence-corrected chi connectivity index (χ4v) is 5.52. The standard InChI is InChI=1S/C26H27ClN4O2S/c1-2-3-15-33-22-14-7-5-10-18(22)24-23-20(12-8-13-21(23)32)28-25-29-26(30-31(24)25)34-16-17-9-4-6-11-19(17)27/h4-7,9-11,14,24H,2-3,8,12-13,15-16H2,1H3,(H,28,29,30). The number of hydrogen-bond donors (Lipinski definition) is 1. The Morgan fingerprint density at radius 3 is 2.85 bits per heavy atom. The lowest BCUT2D eigenvalue weighted by molar-refractivity contribution is -0.116. The molecule has 1 unspecified atom stereocenters. The van der Waals surface area contributed by atoms with Gasteiger partial charge in [-0.25, -0.2) is 4.68 Å². The van der Waals surface area contributed by atoms with E-state index in [1.807, 2.05) is 53.2 Å². The maximum absolute atomic E-state index is 13.1. The van der Waals surface area contributed by atoms with Crippen LogP contribution in [0.25, 0.3) is 0 Å². The zero-order valence-electron chi connectivity index (χ0n) is 19.1. The molecule has 0 saturated heterocycles. The summed E-state index contributed by atoms with van der Waals surface area (Å²) < 4.78 is 8.00. The lowest BCUT2D eigenvalue weighted by Crippen LogP contribution is -2.31. The number of allylic oxidation sites excluding steroid dienone is 2. The van der Waals surface area contributed by atoms with E-state index in [2.05, 4.69) is 12.2 Å². The van der Waals surface area contributed by atoms with E-state index in [4.69, 9.17) is 26.4 Å². The van der Waals surface area contributed by atoms with Gasteiger partial charge in [-0.3, -0.25) is 4.79 Å². The highest BCUT2D eigenvalue weighted by Gasteiger charge is 2.38. The summed E-state index contributed by atoms with van der Waals surface area (Å²) in [7, 11) is 0. The van der Waals surface area contributed by atoms with Crippen molar-refractivity contribution < 1.29 is 9.53 Å². The van der Waals surface area contributed by atoms with Gasteiger partial charge in [0, 0.05) is 34.0 Å². The number of nitrogens with zero attached hydrogens (tertiary/aromatic N) is 3. The molecule has 0 amide bonds. The van der Waals surface area contributed by atoms with E-state index < -0.39 is 0 Å². The Labute approximate surface area is 208 Å². The van der Waals surface area contributed by atoms with Gasteiger partial charge in [0.25, 0.3) is 0 Å². The van der Waals surface area contributed by atoms with Gasteiger partial charge >= 0.3 is 0 Å². The van der Waals surface area contributed by atoms with E-state index in [0.717, 1.165) is 58.9 Å². The van der Waals surface area contributed by atoms with Crippen LogP contribution in [0.2, 0.25) is 5.02 Å². The van der Waals surface area contributed by atoms with Gasteiger partial charge in [0.05, 0.1) is 6.61 Å². The molecule has 8 heteroatoms. The molecule has 34 heavy (non-hydrogen) atoms. The quantitative estimate of drug-likeness (QED) is 0.287. The third-order valence-corrected chi connectivity index (χ3v) is 7.39. The molecule has 0 fully saturated rings. The second-order valence-corrected chi connectivity index (χ2v) is 9.83. The van der Waals surface area contributed by atoms with Crippen molar-refractivity contribution >= 4 is 35.1 Å². The minimum absolute atomic E-state index is 0.161. The lowest BCUT2D eigenvalue weighted by Gasteiger charge is -2.32. The highest BCUT2D eigenvalue weighted by atomic mass is 35.5. The zero-order chi connectivity index (χ0) is 23.5. The Balaban J connectivity index is 1.51. The minimum atomic E-state index is -0.362. The fourth-order valence-electron chi connectivity index (χ4n) is 4.41. The topological polar surface area (TPSA) is 69.0 Å². The Morgan fingerprint density at radius 1 is 1.18 bits per heavy atom. The Morgan fingerprint density at radius 2 is 2.00 bits per heavy atom. The Kier molecular flexibility index (Phi) is 6.92. The van der Waals surface area contributed by atoms with Crippen LogP contribution in [0.1, 0.15) is 56.2 Å². The van der Waals surface area contributed by atoms with Crippen molar-refractivity contribution in [1.29, 1.82) is 0 Å². The molecule has 2 aliphatic rings. The molecule has 176 valence electrons. The number of carbonyl (C=O) groups excluding carboxylic acids is 1. The number of fused-ring (bicyclic) bond motifs is 1. The van der Waals surface area contributed by atoms with Crippen LogP contribution in [0.4, 0.5) is 5.95 Å². The van der Waals surface area contributed by atoms with Gasteiger partial charge in [-0.2, -0.15) is 4.98 Å². The van der Waals surface area contributed by atoms with Crippen molar-refractivity contribution in [3.05, 3.63) is 76.0 Å². The fraction of sp³-hybridized carbons (Fsp3) is 0.346. The molecule has 2 aromatic carbocycles. The summed E-state index contributed by atoms with van der Waals surface area (Å²) in [6.07, 6.45) is 4.25. The molecule has 6 nitrogen and oxygen atoms in total. The Hall–Kier alpha value is -2.77. The summed E-state index contributed by atoms with van der Waals surface area (Å²) in [6.45, 7) is 2.78. The maximum atomic E-state index is 13.1. The van der Waals surface area contributed by atoms with Crippen molar-refractivity contribution in [3.8, 4) is 5.75 Å². The second kappa shape index (κ2) is 10.2. The highest BCUT2D eigenvalue weighted by molar-refractivity contribution is 7.98. The first-order chi connectivity index (χ1) is 16.7. The molecule has 0 radical (unpaired) electrons. The molecule has 1 aliphatic heterocycles. The molecule has 0 spiro atoms. The van der Waals surface area contributed by atoms with Gasteiger partial charge < -0.3 is 10.1 Å². The van der Waals surface area contributed by atoms with E-state index in [0.29, 0.717) is 29.9 Å². The van der Waals surface area contributed by atoms with Gasteiger partial charge in [-0.15, -0.1) is 5.10 Å². The SMILES string of the molecule is CCCCOc1ccccc1C1C2=C(CCCC2=O)Nc2nc(SCc3ccccc3Cl)nn21. The van der Waals surface area contributed by atoms with E-state index in [-0.39, 0.29) is 11.8 Å². The molecular weight excluding hydrogens is 468 g/mol. The zero-order valence-corrected chi connectivity index (χ0v) is 20.7. The number of nitrogens with one attached hydrogen (secondary N) is 1. The third kappa shape index (κ3) is 4.59. The van der Waals surface area contributed by atoms with E-state index in [1.165, 1.54) is 11.8 Å². The number of Topliss-reactive ketones (excluding diaryl/α,β-unsaturated/α-hetero) is 1. The second-order valence-electron chi connectivity index (χ2n) is 8.48. The first kappa shape index (κ1) is 23.0. The van der Waals surface area contributed by atoms with Crippen LogP contribution in [0.15, 0.2) is 65.0 Å². The number of anilines is 1. The number of aromatic nitrogens is 3. The number of ether oxygens (including phenoxy) is 1. The molecule has 1 N–H and O–H groups in total. The monoisotopic (exact) mass is 494 g/mol. The normalized spacial score (nSPS) is 17.2. The number of halogens is 1. The number of rotatable bonds is 8. The molecular formula is C26H27ClN4O2S. The number of para-hydroxylation sites is 1. The number of ketones is 1. The van der Waals surface area contributed by atoms with Crippen LogP contribution in [-0.2, 0) is 10.5 Å². The molecule has 2 heterocycles. The molecule has 1 aromatic heterocycles. The lowest BCUT2D eigenvalue weighted by atomic mass is 9.85. The number of carbonyl (C=O) groups is 1.